The van der Waals surface area contributed by atoms with Gasteiger partial charge in [0.1, 0.15) is 17.2 Å². The van der Waals surface area contributed by atoms with Crippen molar-refractivity contribution in [1.29, 1.82) is 0 Å². The number of ether oxygens (including phenoxy) is 2. The second-order valence-electron chi connectivity index (χ2n) is 4.26. The topological polar surface area (TPSA) is 44.5 Å². The lowest BCUT2D eigenvalue weighted by Gasteiger charge is -2.11. The number of methoxy groups -OCH3 is 1. The number of halogens is 1. The van der Waals surface area contributed by atoms with Crippen LogP contribution in [0.1, 0.15) is 18.5 Å². The van der Waals surface area contributed by atoms with E-state index < -0.39 is 0 Å². The van der Waals surface area contributed by atoms with Crippen LogP contribution in [-0.4, -0.2) is 7.11 Å². The summed E-state index contributed by atoms with van der Waals surface area (Å²) < 4.78 is 11.9. The third-order valence-corrected chi connectivity index (χ3v) is 3.37. The second-order valence-corrected chi connectivity index (χ2v) is 5.11. The summed E-state index contributed by atoms with van der Waals surface area (Å²) in [6.45, 7) is 1.95. The van der Waals surface area contributed by atoms with Crippen LogP contribution in [0, 0.1) is 0 Å². The molecular formula is C15H16BrNO2. The maximum absolute atomic E-state index is 5.84. The Morgan fingerprint density at radius 1 is 1.11 bits per heavy atom. The first-order valence-electron chi connectivity index (χ1n) is 5.97. The fourth-order valence-corrected chi connectivity index (χ4v) is 2.15. The fourth-order valence-electron chi connectivity index (χ4n) is 1.67. The number of hydrogen-bond acceptors (Lipinski definition) is 3. The summed E-state index contributed by atoms with van der Waals surface area (Å²) in [5.41, 5.74) is 6.91. The molecule has 4 heteroatoms. The Kier molecular flexibility index (Phi) is 4.45. The van der Waals surface area contributed by atoms with Crippen molar-refractivity contribution in [3.8, 4) is 17.2 Å². The number of benzene rings is 2. The molecule has 2 rings (SSSR count). The molecule has 0 aliphatic heterocycles. The van der Waals surface area contributed by atoms with Crippen molar-refractivity contribution < 1.29 is 9.47 Å². The molecule has 0 saturated carbocycles. The molecule has 19 heavy (non-hydrogen) atoms. The van der Waals surface area contributed by atoms with Crippen LogP contribution in [0.5, 0.6) is 17.2 Å². The first-order chi connectivity index (χ1) is 9.10. The van der Waals surface area contributed by atoms with Gasteiger partial charge in [-0.1, -0.05) is 12.1 Å². The zero-order chi connectivity index (χ0) is 13.8. The molecule has 0 heterocycles. The largest absolute Gasteiger partial charge is 0.497 e. The van der Waals surface area contributed by atoms with Crippen LogP contribution in [0.3, 0.4) is 0 Å². The van der Waals surface area contributed by atoms with E-state index in [1.54, 1.807) is 7.11 Å². The van der Waals surface area contributed by atoms with E-state index in [1.807, 2.05) is 49.4 Å². The Morgan fingerprint density at radius 3 is 2.47 bits per heavy atom. The SMILES string of the molecule is COc1cccc(Oc2ccc([C@H](C)N)cc2Br)c1. The van der Waals surface area contributed by atoms with Crippen LogP contribution in [0.4, 0.5) is 0 Å². The minimum absolute atomic E-state index is 0.00201. The molecule has 2 aromatic rings. The summed E-state index contributed by atoms with van der Waals surface area (Å²) >= 11 is 3.50. The summed E-state index contributed by atoms with van der Waals surface area (Å²) in [6, 6.07) is 13.3. The van der Waals surface area contributed by atoms with E-state index >= 15 is 0 Å². The minimum atomic E-state index is 0.00201. The maximum atomic E-state index is 5.84. The highest BCUT2D eigenvalue weighted by atomic mass is 79.9. The molecule has 0 amide bonds. The van der Waals surface area contributed by atoms with E-state index in [0.29, 0.717) is 0 Å². The molecule has 0 aliphatic carbocycles. The quantitative estimate of drug-likeness (QED) is 0.914. The van der Waals surface area contributed by atoms with Crippen molar-refractivity contribution in [2.75, 3.05) is 7.11 Å². The van der Waals surface area contributed by atoms with E-state index in [-0.39, 0.29) is 6.04 Å². The number of nitrogens with two attached hydrogens (primary N) is 1. The van der Waals surface area contributed by atoms with Crippen LogP contribution in [0.15, 0.2) is 46.9 Å². The zero-order valence-corrected chi connectivity index (χ0v) is 12.5. The van der Waals surface area contributed by atoms with Gasteiger partial charge in [0, 0.05) is 12.1 Å². The Hall–Kier alpha value is -1.52. The average Bonchev–Trinajstić information content (AvgIpc) is 2.41. The summed E-state index contributed by atoms with van der Waals surface area (Å²) in [5, 5.41) is 0. The Balaban J connectivity index is 2.23. The molecule has 2 N–H and O–H groups in total. The molecule has 0 aliphatic rings. The molecule has 0 unspecified atom stereocenters. The van der Waals surface area contributed by atoms with Crippen LogP contribution in [-0.2, 0) is 0 Å². The zero-order valence-electron chi connectivity index (χ0n) is 10.9. The van der Waals surface area contributed by atoms with Crippen LogP contribution in [0.2, 0.25) is 0 Å². The minimum Gasteiger partial charge on any atom is -0.497 e. The van der Waals surface area contributed by atoms with Crippen molar-refractivity contribution >= 4 is 15.9 Å². The average molecular weight is 322 g/mol. The lowest BCUT2D eigenvalue weighted by Crippen LogP contribution is -2.04. The highest BCUT2D eigenvalue weighted by Crippen LogP contribution is 2.32. The van der Waals surface area contributed by atoms with E-state index in [2.05, 4.69) is 15.9 Å². The van der Waals surface area contributed by atoms with Gasteiger partial charge in [0.05, 0.1) is 11.6 Å². The Labute approximate surface area is 121 Å². The first kappa shape index (κ1) is 13.9. The summed E-state index contributed by atoms with van der Waals surface area (Å²) in [6.07, 6.45) is 0. The predicted molar refractivity (Wildman–Crippen MR) is 79.8 cm³/mol. The van der Waals surface area contributed by atoms with Gasteiger partial charge in [-0.15, -0.1) is 0 Å². The standard InChI is InChI=1S/C15H16BrNO2/c1-10(17)11-6-7-15(14(16)8-11)19-13-5-3-4-12(9-13)18-2/h3-10H,17H2,1-2H3/t10-/m0/s1. The van der Waals surface area contributed by atoms with Crippen LogP contribution >= 0.6 is 15.9 Å². The number of rotatable bonds is 4. The smallest absolute Gasteiger partial charge is 0.141 e. The fraction of sp³-hybridized carbons (Fsp3) is 0.200. The maximum Gasteiger partial charge on any atom is 0.141 e. The molecular weight excluding hydrogens is 306 g/mol. The highest BCUT2D eigenvalue weighted by Gasteiger charge is 2.07. The summed E-state index contributed by atoms with van der Waals surface area (Å²) in [7, 11) is 1.63. The normalized spacial score (nSPS) is 12.0. The van der Waals surface area contributed by atoms with E-state index in [1.165, 1.54) is 0 Å². The van der Waals surface area contributed by atoms with E-state index in [9.17, 15) is 0 Å². The lowest BCUT2D eigenvalue weighted by molar-refractivity contribution is 0.409. The Bertz CT molecular complexity index is 570. The van der Waals surface area contributed by atoms with Gasteiger partial charge in [-0.25, -0.2) is 0 Å². The monoisotopic (exact) mass is 321 g/mol. The molecule has 0 saturated heterocycles. The van der Waals surface area contributed by atoms with Crippen LogP contribution in [0.25, 0.3) is 0 Å². The van der Waals surface area contributed by atoms with Gasteiger partial charge >= 0.3 is 0 Å². The molecule has 0 aromatic heterocycles. The molecule has 2 aromatic carbocycles. The molecule has 0 bridgehead atoms. The molecule has 1 atom stereocenters. The molecule has 0 fully saturated rings. The molecule has 100 valence electrons. The van der Waals surface area contributed by atoms with Crippen molar-refractivity contribution in [2.24, 2.45) is 5.73 Å². The van der Waals surface area contributed by atoms with Crippen LogP contribution < -0.4 is 15.2 Å². The molecule has 0 radical (unpaired) electrons. The molecule has 3 nitrogen and oxygen atoms in total. The van der Waals surface area contributed by atoms with Crippen molar-refractivity contribution in [3.63, 3.8) is 0 Å². The van der Waals surface area contributed by atoms with Gasteiger partial charge in [0.2, 0.25) is 0 Å². The van der Waals surface area contributed by atoms with Gasteiger partial charge in [0.25, 0.3) is 0 Å². The lowest BCUT2D eigenvalue weighted by atomic mass is 10.1. The van der Waals surface area contributed by atoms with E-state index in [4.69, 9.17) is 15.2 Å². The second kappa shape index (κ2) is 6.08. The summed E-state index contributed by atoms with van der Waals surface area (Å²) in [5.74, 6) is 2.24. The van der Waals surface area contributed by atoms with Gasteiger partial charge in [-0.2, -0.15) is 0 Å². The first-order valence-corrected chi connectivity index (χ1v) is 6.76. The van der Waals surface area contributed by atoms with Gasteiger partial charge < -0.3 is 15.2 Å². The van der Waals surface area contributed by atoms with E-state index in [0.717, 1.165) is 27.3 Å². The Morgan fingerprint density at radius 2 is 1.84 bits per heavy atom. The van der Waals surface area contributed by atoms with Gasteiger partial charge in [-0.05, 0) is 52.7 Å². The van der Waals surface area contributed by atoms with Gasteiger partial charge in [-0.3, -0.25) is 0 Å². The van der Waals surface area contributed by atoms with Crippen molar-refractivity contribution in [1.82, 2.24) is 0 Å². The van der Waals surface area contributed by atoms with Gasteiger partial charge in [0.15, 0.2) is 0 Å². The predicted octanol–water partition coefficient (Wildman–Crippen LogP) is 4.27. The number of hydrogen-bond donors (Lipinski definition) is 1. The highest BCUT2D eigenvalue weighted by molar-refractivity contribution is 9.10. The third-order valence-electron chi connectivity index (χ3n) is 2.75. The summed E-state index contributed by atoms with van der Waals surface area (Å²) in [4.78, 5) is 0. The molecule has 0 spiro atoms. The third kappa shape index (κ3) is 3.49. The van der Waals surface area contributed by atoms with Crippen molar-refractivity contribution in [2.45, 2.75) is 13.0 Å². The van der Waals surface area contributed by atoms with Crippen molar-refractivity contribution in [3.05, 3.63) is 52.5 Å².